The molecule has 0 bridgehead atoms. The normalized spacial score (nSPS) is 10.4. The van der Waals surface area contributed by atoms with Gasteiger partial charge in [0.05, 0.1) is 5.02 Å². The van der Waals surface area contributed by atoms with Gasteiger partial charge in [0.15, 0.2) is 6.61 Å². The second-order valence-corrected chi connectivity index (χ2v) is 5.21. The first kappa shape index (κ1) is 17.9. The molecule has 6 nitrogen and oxygen atoms in total. The Bertz CT molecular complexity index is 893. The Kier molecular flexibility index (Phi) is 6.00. The van der Waals surface area contributed by atoms with E-state index >= 15 is 0 Å². The maximum absolute atomic E-state index is 12.2. The summed E-state index contributed by atoms with van der Waals surface area (Å²) in [7, 11) is 0. The van der Waals surface area contributed by atoms with Crippen molar-refractivity contribution >= 4 is 29.3 Å². The minimum Gasteiger partial charge on any atom is -0.508 e. The third-order valence-corrected chi connectivity index (χ3v) is 3.34. The molecule has 0 aliphatic carbocycles. The van der Waals surface area contributed by atoms with Crippen molar-refractivity contribution in [2.24, 2.45) is 0 Å². The summed E-state index contributed by atoms with van der Waals surface area (Å²) in [5.74, 6) is -0.177. The molecule has 2 N–H and O–H groups in total. The highest BCUT2D eigenvalue weighted by molar-refractivity contribution is 6.32. The van der Waals surface area contributed by atoms with Crippen molar-refractivity contribution in [2.75, 3.05) is 11.9 Å². The SMILES string of the molecule is N#CCOc1ccc(/C=C(\C#N)C(=O)Nc2ccc(O)cc2)cc1Cl. The summed E-state index contributed by atoms with van der Waals surface area (Å²) in [4.78, 5) is 12.2. The number of aromatic hydroxyl groups is 1. The molecule has 2 rings (SSSR count). The number of rotatable bonds is 5. The van der Waals surface area contributed by atoms with E-state index in [1.165, 1.54) is 36.4 Å². The van der Waals surface area contributed by atoms with Crippen LogP contribution >= 0.6 is 11.6 Å². The Hall–Kier alpha value is -3.48. The number of carbonyl (C=O) groups is 1. The lowest BCUT2D eigenvalue weighted by atomic mass is 10.1. The van der Waals surface area contributed by atoms with Gasteiger partial charge in [-0.15, -0.1) is 0 Å². The Morgan fingerprint density at radius 1 is 1.24 bits per heavy atom. The number of anilines is 1. The average molecular weight is 354 g/mol. The minimum atomic E-state index is -0.589. The molecule has 0 aliphatic heterocycles. The lowest BCUT2D eigenvalue weighted by molar-refractivity contribution is -0.112. The van der Waals surface area contributed by atoms with Gasteiger partial charge >= 0.3 is 0 Å². The third-order valence-electron chi connectivity index (χ3n) is 3.05. The molecule has 7 heteroatoms. The fourth-order valence-corrected chi connectivity index (χ4v) is 2.14. The van der Waals surface area contributed by atoms with Gasteiger partial charge in [-0.05, 0) is 48.0 Å². The monoisotopic (exact) mass is 353 g/mol. The Labute approximate surface area is 149 Å². The van der Waals surface area contributed by atoms with Crippen LogP contribution in [0.1, 0.15) is 5.56 Å². The molecular weight excluding hydrogens is 342 g/mol. The second-order valence-electron chi connectivity index (χ2n) is 4.81. The number of hydrogen-bond donors (Lipinski definition) is 2. The molecule has 124 valence electrons. The number of phenolic OH excluding ortho intramolecular Hbond substituents is 1. The van der Waals surface area contributed by atoms with Crippen molar-refractivity contribution in [1.82, 2.24) is 0 Å². The zero-order valence-electron chi connectivity index (χ0n) is 12.9. The predicted octanol–water partition coefficient (Wildman–Crippen LogP) is 3.49. The molecule has 0 atom stereocenters. The van der Waals surface area contributed by atoms with Crippen LogP contribution in [0.3, 0.4) is 0 Å². The molecule has 0 unspecified atom stereocenters. The lowest BCUT2D eigenvalue weighted by Crippen LogP contribution is -2.13. The zero-order chi connectivity index (χ0) is 18.2. The summed E-state index contributed by atoms with van der Waals surface area (Å²) in [5.41, 5.74) is 0.865. The van der Waals surface area contributed by atoms with Crippen LogP contribution in [0.5, 0.6) is 11.5 Å². The topological polar surface area (TPSA) is 106 Å². The number of hydrogen-bond acceptors (Lipinski definition) is 5. The van der Waals surface area contributed by atoms with Crippen molar-refractivity contribution in [3.8, 4) is 23.6 Å². The van der Waals surface area contributed by atoms with Crippen LogP contribution in [-0.4, -0.2) is 17.6 Å². The fourth-order valence-electron chi connectivity index (χ4n) is 1.89. The van der Waals surface area contributed by atoms with Gasteiger partial charge in [-0.1, -0.05) is 17.7 Å². The number of amides is 1. The number of nitrogens with zero attached hydrogens (tertiary/aromatic N) is 2. The Balaban J connectivity index is 2.17. The van der Waals surface area contributed by atoms with Crippen molar-refractivity contribution < 1.29 is 14.6 Å². The predicted molar refractivity (Wildman–Crippen MR) is 92.9 cm³/mol. The van der Waals surface area contributed by atoms with Crippen molar-refractivity contribution in [3.05, 3.63) is 58.6 Å². The molecule has 0 saturated heterocycles. The molecule has 0 aromatic heterocycles. The van der Waals surface area contributed by atoms with Gasteiger partial charge in [-0.25, -0.2) is 0 Å². The molecule has 2 aromatic carbocycles. The van der Waals surface area contributed by atoms with E-state index in [1.807, 2.05) is 12.1 Å². The first-order valence-electron chi connectivity index (χ1n) is 7.05. The molecule has 25 heavy (non-hydrogen) atoms. The summed E-state index contributed by atoms with van der Waals surface area (Å²) < 4.78 is 5.13. The van der Waals surface area contributed by atoms with E-state index in [4.69, 9.17) is 21.6 Å². The number of nitrogens with one attached hydrogen (secondary N) is 1. The van der Waals surface area contributed by atoms with Gasteiger partial charge in [0.25, 0.3) is 5.91 Å². The van der Waals surface area contributed by atoms with Gasteiger partial charge < -0.3 is 15.2 Å². The first-order chi connectivity index (χ1) is 12.0. The van der Waals surface area contributed by atoms with Crippen LogP contribution in [0.15, 0.2) is 48.0 Å². The van der Waals surface area contributed by atoms with E-state index in [2.05, 4.69) is 5.32 Å². The van der Waals surface area contributed by atoms with Gasteiger partial charge in [0.2, 0.25) is 0 Å². The summed E-state index contributed by atoms with van der Waals surface area (Å²) in [5, 5.41) is 29.8. The fraction of sp³-hybridized carbons (Fsp3) is 0.0556. The van der Waals surface area contributed by atoms with Gasteiger partial charge in [-0.2, -0.15) is 10.5 Å². The number of halogens is 1. The highest BCUT2D eigenvalue weighted by Crippen LogP contribution is 2.26. The van der Waals surface area contributed by atoms with Gasteiger partial charge in [0.1, 0.15) is 29.2 Å². The van der Waals surface area contributed by atoms with E-state index in [0.717, 1.165) is 0 Å². The van der Waals surface area contributed by atoms with Crippen molar-refractivity contribution in [3.63, 3.8) is 0 Å². The molecule has 1 amide bonds. The number of benzene rings is 2. The molecular formula is C18H12ClN3O3. The number of nitriles is 2. The molecule has 0 aliphatic rings. The average Bonchev–Trinajstić information content (AvgIpc) is 2.60. The number of carbonyl (C=O) groups excluding carboxylic acids is 1. The van der Waals surface area contributed by atoms with Crippen LogP contribution < -0.4 is 10.1 Å². The van der Waals surface area contributed by atoms with E-state index < -0.39 is 5.91 Å². The Morgan fingerprint density at radius 2 is 1.96 bits per heavy atom. The number of phenols is 1. The third kappa shape index (κ3) is 5.00. The molecule has 0 spiro atoms. The van der Waals surface area contributed by atoms with Crippen LogP contribution in [0.4, 0.5) is 5.69 Å². The molecule has 0 radical (unpaired) electrons. The lowest BCUT2D eigenvalue weighted by Gasteiger charge is -2.06. The quantitative estimate of drug-likeness (QED) is 0.486. The van der Waals surface area contributed by atoms with Crippen LogP contribution in [0.2, 0.25) is 5.02 Å². The molecule has 0 saturated carbocycles. The van der Waals surface area contributed by atoms with E-state index in [0.29, 0.717) is 17.0 Å². The Morgan fingerprint density at radius 3 is 2.56 bits per heavy atom. The van der Waals surface area contributed by atoms with Crippen LogP contribution in [0.25, 0.3) is 6.08 Å². The van der Waals surface area contributed by atoms with Crippen LogP contribution in [0, 0.1) is 22.7 Å². The van der Waals surface area contributed by atoms with E-state index in [-0.39, 0.29) is 23.0 Å². The molecule has 2 aromatic rings. The molecule has 0 fully saturated rings. The van der Waals surface area contributed by atoms with E-state index in [9.17, 15) is 15.2 Å². The maximum Gasteiger partial charge on any atom is 0.266 e. The summed E-state index contributed by atoms with van der Waals surface area (Å²) >= 11 is 6.05. The van der Waals surface area contributed by atoms with Crippen molar-refractivity contribution in [2.45, 2.75) is 0 Å². The van der Waals surface area contributed by atoms with Gasteiger partial charge in [-0.3, -0.25) is 4.79 Å². The molecule has 0 heterocycles. The summed E-state index contributed by atoms with van der Waals surface area (Å²) in [6.45, 7) is -0.132. The second kappa shape index (κ2) is 8.39. The van der Waals surface area contributed by atoms with Crippen molar-refractivity contribution in [1.29, 1.82) is 10.5 Å². The number of ether oxygens (including phenoxy) is 1. The minimum absolute atomic E-state index is 0.0717. The first-order valence-corrected chi connectivity index (χ1v) is 7.42. The van der Waals surface area contributed by atoms with Crippen LogP contribution in [-0.2, 0) is 4.79 Å². The maximum atomic E-state index is 12.2. The smallest absolute Gasteiger partial charge is 0.266 e. The largest absolute Gasteiger partial charge is 0.508 e. The standard InChI is InChI=1S/C18H12ClN3O3/c19-16-10-12(1-6-17(16)25-8-7-20)9-13(11-21)18(24)22-14-2-4-15(23)5-3-14/h1-6,9-10,23H,8H2,(H,22,24)/b13-9+. The summed E-state index contributed by atoms with van der Waals surface area (Å²) in [6.07, 6.45) is 1.38. The van der Waals surface area contributed by atoms with E-state index in [1.54, 1.807) is 12.1 Å². The summed E-state index contributed by atoms with van der Waals surface area (Å²) in [6, 6.07) is 14.2. The highest BCUT2D eigenvalue weighted by atomic mass is 35.5. The zero-order valence-corrected chi connectivity index (χ0v) is 13.6. The van der Waals surface area contributed by atoms with Gasteiger partial charge in [0, 0.05) is 5.69 Å². The highest BCUT2D eigenvalue weighted by Gasteiger charge is 2.10.